The zero-order valence-corrected chi connectivity index (χ0v) is 34.0. The number of unbranched alkanes of at least 4 members (excludes halogenated alkanes) is 1. The first-order valence-corrected chi connectivity index (χ1v) is 18.7. The van der Waals surface area contributed by atoms with E-state index in [9.17, 15) is 29.4 Å². The van der Waals surface area contributed by atoms with Gasteiger partial charge in [-0.2, -0.15) is 0 Å². The lowest BCUT2D eigenvalue weighted by Crippen LogP contribution is -2.40. The monoisotopic (exact) mass is 730 g/mol. The number of carbonyl (C=O) groups excluding carboxylic acids is 4. The van der Waals surface area contributed by atoms with Gasteiger partial charge in [0.05, 0.1) is 11.1 Å². The number of ether oxygens (including phenoxy) is 2. The number of allylic oxidation sites excluding steroid dienone is 4. The molecule has 2 aliphatic carbocycles. The van der Waals surface area contributed by atoms with Gasteiger partial charge in [0.25, 0.3) is 0 Å². The standard InChI is InChI=1S/C40H66N4O8/c1-27(33-29(45)23-39(9,10)24-30(33)46)41-17-15-21-43(35(49)51-37(3,4)5)19-13-14-20-44(36(50)52-38(6,7)8)22-16-18-42-28(2)34-31(47)25-40(11,12)26-32(34)48/h45,47H,13-26H2,1-12H3. The Labute approximate surface area is 311 Å². The molecule has 0 aliphatic heterocycles. The van der Waals surface area contributed by atoms with E-state index in [4.69, 9.17) is 9.47 Å². The molecule has 12 heteroatoms. The highest BCUT2D eigenvalue weighted by atomic mass is 16.6. The van der Waals surface area contributed by atoms with E-state index in [2.05, 4.69) is 9.98 Å². The fourth-order valence-electron chi connectivity index (χ4n) is 6.42. The van der Waals surface area contributed by atoms with Gasteiger partial charge in [0.15, 0.2) is 11.6 Å². The normalized spacial score (nSPS) is 18.5. The minimum absolute atomic E-state index is 0.0826. The predicted molar refractivity (Wildman–Crippen MR) is 205 cm³/mol. The van der Waals surface area contributed by atoms with Gasteiger partial charge in [0.1, 0.15) is 22.7 Å². The number of rotatable bonds is 15. The van der Waals surface area contributed by atoms with Crippen LogP contribution in [0.5, 0.6) is 0 Å². The van der Waals surface area contributed by atoms with Crippen molar-refractivity contribution in [3.8, 4) is 0 Å². The van der Waals surface area contributed by atoms with Crippen LogP contribution in [-0.4, -0.2) is 106 Å². The summed E-state index contributed by atoms with van der Waals surface area (Å²) in [5, 5.41) is 21.1. The van der Waals surface area contributed by atoms with Gasteiger partial charge in [0, 0.05) is 76.4 Å². The number of hydrogen-bond donors (Lipinski definition) is 2. The molecule has 0 saturated heterocycles. The summed E-state index contributed by atoms with van der Waals surface area (Å²) < 4.78 is 11.3. The first-order chi connectivity index (χ1) is 23.8. The highest BCUT2D eigenvalue weighted by Gasteiger charge is 2.35. The average Bonchev–Trinajstić information content (AvgIpc) is 2.93. The van der Waals surface area contributed by atoms with Gasteiger partial charge in [-0.1, -0.05) is 27.7 Å². The van der Waals surface area contributed by atoms with Gasteiger partial charge in [-0.05, 0) is 91.9 Å². The molecule has 2 rings (SSSR count). The van der Waals surface area contributed by atoms with E-state index >= 15 is 0 Å². The molecular weight excluding hydrogens is 664 g/mol. The minimum Gasteiger partial charge on any atom is -0.511 e. The maximum absolute atomic E-state index is 13.1. The molecule has 52 heavy (non-hydrogen) atoms. The second-order valence-corrected chi connectivity index (χ2v) is 17.8. The van der Waals surface area contributed by atoms with Crippen LogP contribution >= 0.6 is 0 Å². The molecule has 0 radical (unpaired) electrons. The van der Waals surface area contributed by atoms with E-state index in [1.165, 1.54) is 0 Å². The fraction of sp³-hybridized carbons (Fsp3) is 0.750. The van der Waals surface area contributed by atoms with Crippen molar-refractivity contribution in [2.45, 2.75) is 146 Å². The SMILES string of the molecule is CC(=NCCCN(CCCCN(CCCN=C(C)C1=C(O)CC(C)(C)CC1=O)C(=O)OC(C)(C)C)C(=O)OC(C)(C)C)C1=C(O)CC(C)(C)CC1=O. The third-order valence-electron chi connectivity index (χ3n) is 8.71. The number of amides is 2. The molecule has 2 N–H and O–H groups in total. The van der Waals surface area contributed by atoms with Gasteiger partial charge < -0.3 is 29.5 Å². The first-order valence-electron chi connectivity index (χ1n) is 18.7. The Bertz CT molecular complexity index is 1330. The lowest BCUT2D eigenvalue weighted by Gasteiger charge is -2.29. The fourth-order valence-corrected chi connectivity index (χ4v) is 6.42. The third-order valence-corrected chi connectivity index (χ3v) is 8.71. The molecule has 0 spiro atoms. The highest BCUT2D eigenvalue weighted by Crippen LogP contribution is 2.37. The molecule has 0 unspecified atom stereocenters. The van der Waals surface area contributed by atoms with Gasteiger partial charge in [0.2, 0.25) is 0 Å². The summed E-state index contributed by atoms with van der Waals surface area (Å²) in [6.45, 7) is 24.5. The van der Waals surface area contributed by atoms with Crippen LogP contribution in [0.1, 0.15) is 134 Å². The average molecular weight is 731 g/mol. The second kappa shape index (κ2) is 18.4. The van der Waals surface area contributed by atoms with Crippen LogP contribution < -0.4 is 0 Å². The molecular formula is C40H66N4O8. The summed E-state index contributed by atoms with van der Waals surface area (Å²) in [6, 6.07) is 0. The van der Waals surface area contributed by atoms with E-state index in [1.807, 2.05) is 69.2 Å². The first kappa shape index (κ1) is 44.5. The number of ketones is 2. The summed E-state index contributed by atoms with van der Waals surface area (Å²) >= 11 is 0. The maximum atomic E-state index is 13.1. The van der Waals surface area contributed by atoms with E-state index in [1.54, 1.807) is 23.6 Å². The van der Waals surface area contributed by atoms with E-state index in [0.29, 0.717) is 113 Å². The van der Waals surface area contributed by atoms with Gasteiger partial charge >= 0.3 is 12.2 Å². The number of aliphatic hydroxyl groups is 2. The van der Waals surface area contributed by atoms with E-state index in [0.717, 1.165) is 0 Å². The molecule has 0 fully saturated rings. The lowest BCUT2D eigenvalue weighted by atomic mass is 9.76. The molecule has 0 saturated carbocycles. The molecule has 2 aliphatic rings. The summed E-state index contributed by atoms with van der Waals surface area (Å²) in [5.74, 6) is -0.0446. The van der Waals surface area contributed by atoms with Crippen LogP contribution in [0.2, 0.25) is 0 Å². The number of Topliss-reactive ketones (excluding diaryl/α,β-unsaturated/α-hetero) is 2. The molecule has 2 amide bonds. The van der Waals surface area contributed by atoms with Crippen LogP contribution in [0.25, 0.3) is 0 Å². The Balaban J connectivity index is 2.03. The number of carbonyl (C=O) groups is 4. The predicted octanol–water partition coefficient (Wildman–Crippen LogP) is 8.35. The number of aliphatic hydroxyl groups excluding tert-OH is 2. The largest absolute Gasteiger partial charge is 0.511 e. The smallest absolute Gasteiger partial charge is 0.410 e. The van der Waals surface area contributed by atoms with Crippen molar-refractivity contribution < 1.29 is 38.9 Å². The van der Waals surface area contributed by atoms with Crippen LogP contribution in [-0.2, 0) is 19.1 Å². The van der Waals surface area contributed by atoms with Crippen LogP contribution in [0.4, 0.5) is 9.59 Å². The van der Waals surface area contributed by atoms with Crippen molar-refractivity contribution in [1.29, 1.82) is 0 Å². The van der Waals surface area contributed by atoms with Crippen molar-refractivity contribution >= 4 is 35.2 Å². The quantitative estimate of drug-likeness (QED) is 0.126. The zero-order valence-electron chi connectivity index (χ0n) is 34.0. The minimum atomic E-state index is -0.673. The van der Waals surface area contributed by atoms with Gasteiger partial charge in [-0.3, -0.25) is 19.6 Å². The molecule has 12 nitrogen and oxygen atoms in total. The second-order valence-electron chi connectivity index (χ2n) is 17.8. The molecule has 0 atom stereocenters. The molecule has 294 valence electrons. The van der Waals surface area contributed by atoms with E-state index < -0.39 is 23.4 Å². The number of hydrogen-bond acceptors (Lipinski definition) is 10. The van der Waals surface area contributed by atoms with Crippen molar-refractivity contribution in [1.82, 2.24) is 9.80 Å². The summed E-state index contributed by atoms with van der Waals surface area (Å²) in [5.41, 5.74) is -0.288. The van der Waals surface area contributed by atoms with Crippen LogP contribution in [0.3, 0.4) is 0 Å². The van der Waals surface area contributed by atoms with Crippen molar-refractivity contribution in [2.75, 3.05) is 39.3 Å². The number of nitrogens with zero attached hydrogens (tertiary/aromatic N) is 4. The molecule has 0 aromatic carbocycles. The topological polar surface area (TPSA) is 158 Å². The maximum Gasteiger partial charge on any atom is 0.410 e. The van der Waals surface area contributed by atoms with E-state index in [-0.39, 0.29) is 33.9 Å². The Morgan fingerprint density at radius 3 is 1.21 bits per heavy atom. The molecule has 0 aromatic heterocycles. The van der Waals surface area contributed by atoms with Crippen molar-refractivity contribution in [3.63, 3.8) is 0 Å². The lowest BCUT2D eigenvalue weighted by molar-refractivity contribution is -0.118. The van der Waals surface area contributed by atoms with Crippen LogP contribution in [0.15, 0.2) is 32.6 Å². The number of aliphatic imine (C=N–C) groups is 2. The Morgan fingerprint density at radius 1 is 0.615 bits per heavy atom. The summed E-state index contributed by atoms with van der Waals surface area (Å²) in [4.78, 5) is 64.1. The Kier molecular flexibility index (Phi) is 15.7. The Morgan fingerprint density at radius 2 is 0.923 bits per heavy atom. The molecule has 0 aromatic rings. The molecule has 0 heterocycles. The van der Waals surface area contributed by atoms with Crippen molar-refractivity contribution in [3.05, 3.63) is 22.7 Å². The summed E-state index contributed by atoms with van der Waals surface area (Å²) in [6.07, 6.45) is 2.98. The zero-order chi connectivity index (χ0) is 39.7. The van der Waals surface area contributed by atoms with Gasteiger partial charge in [-0.15, -0.1) is 0 Å². The highest BCUT2D eigenvalue weighted by molar-refractivity contribution is 6.23. The molecule has 0 bridgehead atoms. The van der Waals surface area contributed by atoms with Crippen molar-refractivity contribution in [2.24, 2.45) is 20.8 Å². The van der Waals surface area contributed by atoms with Crippen LogP contribution in [0, 0.1) is 10.8 Å². The third kappa shape index (κ3) is 15.1. The Hall–Kier alpha value is -3.70. The van der Waals surface area contributed by atoms with Gasteiger partial charge in [-0.25, -0.2) is 9.59 Å². The summed E-state index contributed by atoms with van der Waals surface area (Å²) in [7, 11) is 0.